The molecule has 1 N–H and O–H groups in total. The van der Waals surface area contributed by atoms with Gasteiger partial charge >= 0.3 is 0 Å². The zero-order valence-corrected chi connectivity index (χ0v) is 10.7. The number of nitrogens with one attached hydrogen (secondary N) is 1. The van der Waals surface area contributed by atoms with Gasteiger partial charge in [0.05, 0.1) is 6.04 Å². The molecule has 17 heavy (non-hydrogen) atoms. The van der Waals surface area contributed by atoms with Crippen LogP contribution in [0.15, 0.2) is 24.3 Å². The van der Waals surface area contributed by atoms with E-state index in [0.29, 0.717) is 5.56 Å². The summed E-state index contributed by atoms with van der Waals surface area (Å²) in [4.78, 5) is 11.9. The molecule has 0 spiro atoms. The number of benzene rings is 1. The molecule has 1 aromatic rings. The third-order valence-electron chi connectivity index (χ3n) is 2.51. The first-order valence-corrected chi connectivity index (χ1v) is 5.51. The van der Waals surface area contributed by atoms with Gasteiger partial charge in [-0.2, -0.15) is 0 Å². The second kappa shape index (κ2) is 6.37. The van der Waals surface area contributed by atoms with Crippen molar-refractivity contribution in [2.75, 3.05) is 14.2 Å². The second-order valence-corrected chi connectivity index (χ2v) is 3.97. The first-order valence-electron chi connectivity index (χ1n) is 5.51. The van der Waals surface area contributed by atoms with Gasteiger partial charge in [0.2, 0.25) is 0 Å². The number of hydrogen-bond donors (Lipinski definition) is 1. The third kappa shape index (κ3) is 3.84. The molecule has 94 valence electrons. The molecule has 0 heterocycles. The van der Waals surface area contributed by atoms with Gasteiger partial charge in [-0.3, -0.25) is 4.79 Å². The zero-order chi connectivity index (χ0) is 12.8. The minimum atomic E-state index is -0.441. The Balaban J connectivity index is 2.66. The number of methoxy groups -OCH3 is 2. The van der Waals surface area contributed by atoms with Gasteiger partial charge in [0.1, 0.15) is 0 Å². The van der Waals surface area contributed by atoms with Crippen LogP contribution in [0.2, 0.25) is 0 Å². The van der Waals surface area contributed by atoms with E-state index < -0.39 is 6.29 Å². The molecule has 1 atom stereocenters. The van der Waals surface area contributed by atoms with Crippen LogP contribution in [0.5, 0.6) is 0 Å². The first-order chi connectivity index (χ1) is 8.08. The number of carbonyl (C=O) groups is 1. The minimum Gasteiger partial charge on any atom is -0.354 e. The monoisotopic (exact) mass is 237 g/mol. The van der Waals surface area contributed by atoms with Crippen molar-refractivity contribution in [3.8, 4) is 0 Å². The van der Waals surface area contributed by atoms with Gasteiger partial charge in [-0.05, 0) is 26.0 Å². The van der Waals surface area contributed by atoms with Crippen LogP contribution in [0, 0.1) is 6.92 Å². The zero-order valence-electron chi connectivity index (χ0n) is 10.7. The molecule has 0 fully saturated rings. The quantitative estimate of drug-likeness (QED) is 0.793. The fraction of sp³-hybridized carbons (Fsp3) is 0.462. The summed E-state index contributed by atoms with van der Waals surface area (Å²) in [6.45, 7) is 3.79. The van der Waals surface area contributed by atoms with Crippen molar-refractivity contribution in [2.45, 2.75) is 26.2 Å². The molecule has 4 nitrogen and oxygen atoms in total. The van der Waals surface area contributed by atoms with E-state index in [4.69, 9.17) is 9.47 Å². The van der Waals surface area contributed by atoms with Crippen LogP contribution in [-0.4, -0.2) is 32.5 Å². The van der Waals surface area contributed by atoms with Crippen LogP contribution in [-0.2, 0) is 9.47 Å². The largest absolute Gasteiger partial charge is 0.354 e. The van der Waals surface area contributed by atoms with Gasteiger partial charge in [-0.15, -0.1) is 0 Å². The molecule has 0 saturated carbocycles. The highest BCUT2D eigenvalue weighted by atomic mass is 16.7. The molecule has 0 aliphatic carbocycles. The summed E-state index contributed by atoms with van der Waals surface area (Å²) in [5.41, 5.74) is 1.70. The van der Waals surface area contributed by atoms with Crippen LogP contribution < -0.4 is 5.32 Å². The van der Waals surface area contributed by atoms with Crippen LogP contribution >= 0.6 is 0 Å². The van der Waals surface area contributed by atoms with Crippen molar-refractivity contribution in [3.05, 3.63) is 35.4 Å². The highest BCUT2D eigenvalue weighted by Gasteiger charge is 2.18. The Morgan fingerprint density at radius 3 is 2.47 bits per heavy atom. The standard InChI is InChI=1S/C13H19NO3/c1-9-6-5-7-11(8-9)12(15)14-10(2)13(16-3)17-4/h5-8,10,13H,1-4H3,(H,14,15). The maximum absolute atomic E-state index is 11.9. The second-order valence-electron chi connectivity index (χ2n) is 3.97. The number of amides is 1. The molecule has 0 bridgehead atoms. The van der Waals surface area contributed by atoms with Gasteiger partial charge in [-0.25, -0.2) is 0 Å². The van der Waals surface area contributed by atoms with Crippen molar-refractivity contribution < 1.29 is 14.3 Å². The van der Waals surface area contributed by atoms with Crippen molar-refractivity contribution in [1.82, 2.24) is 5.32 Å². The average molecular weight is 237 g/mol. The van der Waals surface area contributed by atoms with Gasteiger partial charge in [0, 0.05) is 19.8 Å². The Kier molecular flexibility index (Phi) is 5.12. The molecular formula is C13H19NO3. The van der Waals surface area contributed by atoms with Crippen LogP contribution in [0.25, 0.3) is 0 Å². The fourth-order valence-electron chi connectivity index (χ4n) is 1.65. The lowest BCUT2D eigenvalue weighted by atomic mass is 10.1. The van der Waals surface area contributed by atoms with Crippen LogP contribution in [0.3, 0.4) is 0 Å². The fourth-order valence-corrected chi connectivity index (χ4v) is 1.65. The molecule has 1 unspecified atom stereocenters. The minimum absolute atomic E-state index is 0.125. The summed E-state index contributed by atoms with van der Waals surface area (Å²) in [5, 5.41) is 2.84. The molecule has 0 radical (unpaired) electrons. The molecule has 1 amide bonds. The van der Waals surface area contributed by atoms with E-state index in [2.05, 4.69) is 5.32 Å². The summed E-state index contributed by atoms with van der Waals surface area (Å²) in [6, 6.07) is 7.23. The van der Waals surface area contributed by atoms with E-state index in [9.17, 15) is 4.79 Å². The lowest BCUT2D eigenvalue weighted by Crippen LogP contribution is -2.42. The lowest BCUT2D eigenvalue weighted by molar-refractivity contribution is -0.117. The smallest absolute Gasteiger partial charge is 0.251 e. The summed E-state index contributed by atoms with van der Waals surface area (Å²) in [5.74, 6) is -0.125. The SMILES string of the molecule is COC(OC)C(C)NC(=O)c1cccc(C)c1. The number of hydrogen-bond acceptors (Lipinski definition) is 3. The molecular weight excluding hydrogens is 218 g/mol. The number of ether oxygens (including phenoxy) is 2. The summed E-state index contributed by atoms with van der Waals surface area (Å²) in [6.07, 6.45) is -0.441. The summed E-state index contributed by atoms with van der Waals surface area (Å²) >= 11 is 0. The Hall–Kier alpha value is -1.39. The van der Waals surface area contributed by atoms with Gasteiger partial charge in [0.25, 0.3) is 5.91 Å². The topological polar surface area (TPSA) is 47.6 Å². The van der Waals surface area contributed by atoms with Gasteiger partial charge in [-0.1, -0.05) is 17.7 Å². The van der Waals surface area contributed by atoms with E-state index >= 15 is 0 Å². The number of aryl methyl sites for hydroxylation is 1. The van der Waals surface area contributed by atoms with Crippen LogP contribution in [0.1, 0.15) is 22.8 Å². The first kappa shape index (κ1) is 13.7. The number of carbonyl (C=O) groups excluding carboxylic acids is 1. The summed E-state index contributed by atoms with van der Waals surface area (Å²) in [7, 11) is 3.09. The Morgan fingerprint density at radius 2 is 1.94 bits per heavy atom. The maximum atomic E-state index is 11.9. The Bertz CT molecular complexity index is 375. The molecule has 0 aromatic heterocycles. The van der Waals surface area contributed by atoms with Gasteiger partial charge < -0.3 is 14.8 Å². The van der Waals surface area contributed by atoms with E-state index in [1.165, 1.54) is 0 Å². The van der Waals surface area contributed by atoms with Crippen molar-refractivity contribution in [1.29, 1.82) is 0 Å². The van der Waals surface area contributed by atoms with Crippen molar-refractivity contribution >= 4 is 5.91 Å². The lowest BCUT2D eigenvalue weighted by Gasteiger charge is -2.22. The highest BCUT2D eigenvalue weighted by Crippen LogP contribution is 2.05. The van der Waals surface area contributed by atoms with E-state index in [1.54, 1.807) is 20.3 Å². The van der Waals surface area contributed by atoms with E-state index in [1.807, 2.05) is 32.0 Å². The highest BCUT2D eigenvalue weighted by molar-refractivity contribution is 5.94. The van der Waals surface area contributed by atoms with Crippen LogP contribution in [0.4, 0.5) is 0 Å². The maximum Gasteiger partial charge on any atom is 0.251 e. The number of rotatable bonds is 5. The summed E-state index contributed by atoms with van der Waals surface area (Å²) < 4.78 is 10.2. The molecule has 1 rings (SSSR count). The average Bonchev–Trinajstić information content (AvgIpc) is 2.30. The molecule has 0 saturated heterocycles. The Morgan fingerprint density at radius 1 is 1.29 bits per heavy atom. The Labute approximate surface area is 102 Å². The van der Waals surface area contributed by atoms with Crippen molar-refractivity contribution in [3.63, 3.8) is 0 Å². The third-order valence-corrected chi connectivity index (χ3v) is 2.51. The molecule has 0 aliphatic heterocycles. The van der Waals surface area contributed by atoms with Crippen molar-refractivity contribution in [2.24, 2.45) is 0 Å². The molecule has 1 aromatic carbocycles. The normalized spacial score (nSPS) is 12.5. The predicted molar refractivity (Wildman–Crippen MR) is 65.9 cm³/mol. The van der Waals surface area contributed by atoms with Gasteiger partial charge in [0.15, 0.2) is 6.29 Å². The molecule has 0 aliphatic rings. The molecule has 4 heteroatoms. The predicted octanol–water partition coefficient (Wildman–Crippen LogP) is 1.73. The van der Waals surface area contributed by atoms with E-state index in [0.717, 1.165) is 5.56 Å². The van der Waals surface area contributed by atoms with E-state index in [-0.39, 0.29) is 11.9 Å².